The molecule has 0 saturated heterocycles. The van der Waals surface area contributed by atoms with E-state index in [4.69, 9.17) is 0 Å². The number of alkyl halides is 2. The van der Waals surface area contributed by atoms with Crippen molar-refractivity contribution in [3.05, 3.63) is 11.9 Å². The highest BCUT2D eigenvalue weighted by atomic mass is 19.3. The largest absolute Gasteiger partial charge is 0.364 e. The first-order valence-electron chi connectivity index (χ1n) is 4.75. The molecule has 1 unspecified atom stereocenters. The van der Waals surface area contributed by atoms with Crippen LogP contribution in [-0.4, -0.2) is 28.3 Å². The average Bonchev–Trinajstić information content (AvgIpc) is 2.49. The zero-order chi connectivity index (χ0) is 11.6. The van der Waals surface area contributed by atoms with Gasteiger partial charge in [-0.3, -0.25) is 4.79 Å². The van der Waals surface area contributed by atoms with Crippen LogP contribution in [0.15, 0.2) is 6.33 Å². The summed E-state index contributed by atoms with van der Waals surface area (Å²) in [6, 6.07) is 0. The van der Waals surface area contributed by atoms with Gasteiger partial charge in [-0.2, -0.15) is 0 Å². The molecule has 0 fully saturated rings. The minimum Gasteiger partial charge on any atom is -0.364 e. The van der Waals surface area contributed by atoms with Gasteiger partial charge in [0.25, 0.3) is 5.92 Å². The summed E-state index contributed by atoms with van der Waals surface area (Å²) < 4.78 is 27.7. The molecule has 84 valence electrons. The van der Waals surface area contributed by atoms with E-state index in [0.29, 0.717) is 5.82 Å². The van der Waals surface area contributed by atoms with Crippen molar-refractivity contribution in [2.75, 3.05) is 17.2 Å². The van der Waals surface area contributed by atoms with Crippen molar-refractivity contribution in [2.24, 2.45) is 0 Å². The molecule has 1 aromatic rings. The van der Waals surface area contributed by atoms with Crippen LogP contribution in [0.3, 0.4) is 0 Å². The second-order valence-corrected chi connectivity index (χ2v) is 4.08. The van der Waals surface area contributed by atoms with Crippen LogP contribution in [-0.2, 0) is 10.2 Å². The molecule has 1 aromatic heterocycles. The lowest BCUT2D eigenvalue weighted by Crippen LogP contribution is -2.54. The van der Waals surface area contributed by atoms with Gasteiger partial charge >= 0.3 is 0 Å². The molecule has 0 saturated carbocycles. The summed E-state index contributed by atoms with van der Waals surface area (Å²) in [6.07, 6.45) is 1.23. The van der Waals surface area contributed by atoms with E-state index in [1.54, 1.807) is 0 Å². The number of nitrogens with one attached hydrogen (secondary N) is 2. The van der Waals surface area contributed by atoms with Gasteiger partial charge in [-0.1, -0.05) is 0 Å². The van der Waals surface area contributed by atoms with E-state index in [1.165, 1.54) is 13.3 Å². The monoisotopic (exact) mass is 226 g/mol. The minimum atomic E-state index is -3.15. The Morgan fingerprint density at radius 2 is 2.06 bits per heavy atom. The first-order chi connectivity index (χ1) is 7.47. The van der Waals surface area contributed by atoms with Crippen LogP contribution < -0.4 is 10.6 Å². The number of hydrogen-bond donors (Lipinski definition) is 2. The number of aromatic nitrogens is 2. The zero-order valence-corrected chi connectivity index (χ0v) is 8.34. The Kier molecular flexibility index (Phi) is 1.46. The van der Waals surface area contributed by atoms with Gasteiger partial charge in [0.1, 0.15) is 23.4 Å². The summed E-state index contributed by atoms with van der Waals surface area (Å²) in [5, 5.41) is 4.88. The van der Waals surface area contributed by atoms with Crippen LogP contribution in [0.25, 0.3) is 0 Å². The molecule has 2 aliphatic heterocycles. The molecule has 0 bridgehead atoms. The van der Waals surface area contributed by atoms with E-state index < -0.39 is 23.8 Å². The molecule has 0 spiro atoms. The van der Waals surface area contributed by atoms with Crippen molar-refractivity contribution in [2.45, 2.75) is 18.3 Å². The summed E-state index contributed by atoms with van der Waals surface area (Å²) >= 11 is 0. The molecule has 3 rings (SSSR count). The predicted molar refractivity (Wildman–Crippen MR) is 51.5 cm³/mol. The van der Waals surface area contributed by atoms with Crippen LogP contribution in [0.4, 0.5) is 20.4 Å². The van der Waals surface area contributed by atoms with Crippen molar-refractivity contribution < 1.29 is 13.6 Å². The number of rotatable bonds is 0. The van der Waals surface area contributed by atoms with E-state index in [0.717, 1.165) is 0 Å². The molecule has 16 heavy (non-hydrogen) atoms. The fourth-order valence-electron chi connectivity index (χ4n) is 2.15. The molecule has 1 atom stereocenters. The highest BCUT2D eigenvalue weighted by Gasteiger charge is 2.64. The van der Waals surface area contributed by atoms with Crippen molar-refractivity contribution in [3.63, 3.8) is 0 Å². The van der Waals surface area contributed by atoms with Gasteiger partial charge in [-0.15, -0.1) is 0 Å². The van der Waals surface area contributed by atoms with Crippen molar-refractivity contribution in [1.29, 1.82) is 0 Å². The van der Waals surface area contributed by atoms with Gasteiger partial charge in [0.2, 0.25) is 5.91 Å². The third kappa shape index (κ3) is 0.822. The summed E-state index contributed by atoms with van der Waals surface area (Å²) in [5.74, 6) is -3.41. The number of hydrogen-bond acceptors (Lipinski definition) is 4. The van der Waals surface area contributed by atoms with Crippen LogP contribution in [0.2, 0.25) is 0 Å². The molecule has 0 aliphatic carbocycles. The Morgan fingerprint density at radius 3 is 2.81 bits per heavy atom. The van der Waals surface area contributed by atoms with Gasteiger partial charge in [0, 0.05) is 0 Å². The Hall–Kier alpha value is -1.79. The maximum atomic E-state index is 13.8. The molecular weight excluding hydrogens is 218 g/mol. The van der Waals surface area contributed by atoms with Gasteiger partial charge in [-0.25, -0.2) is 18.7 Å². The number of carbonyl (C=O) groups is 1. The van der Waals surface area contributed by atoms with E-state index in [2.05, 4.69) is 20.6 Å². The zero-order valence-electron chi connectivity index (χ0n) is 8.34. The van der Waals surface area contributed by atoms with Crippen LogP contribution in [0.5, 0.6) is 0 Å². The Bertz CT molecular complexity index is 504. The van der Waals surface area contributed by atoms with Gasteiger partial charge < -0.3 is 10.6 Å². The molecule has 5 nitrogen and oxygen atoms in total. The van der Waals surface area contributed by atoms with E-state index in [1.807, 2.05) is 0 Å². The molecule has 0 radical (unpaired) electrons. The van der Waals surface area contributed by atoms with Crippen LogP contribution >= 0.6 is 0 Å². The Balaban J connectivity index is 2.35. The second-order valence-electron chi connectivity index (χ2n) is 4.08. The summed E-state index contributed by atoms with van der Waals surface area (Å²) in [7, 11) is 0. The third-order valence-electron chi connectivity index (χ3n) is 3.24. The number of anilines is 2. The van der Waals surface area contributed by atoms with Crippen LogP contribution in [0, 0.1) is 0 Å². The highest BCUT2D eigenvalue weighted by Crippen LogP contribution is 2.51. The molecule has 1 amide bonds. The fourth-order valence-corrected chi connectivity index (χ4v) is 2.15. The van der Waals surface area contributed by atoms with E-state index >= 15 is 0 Å². The Labute approximate surface area is 89.3 Å². The lowest BCUT2D eigenvalue weighted by Gasteiger charge is -2.36. The lowest BCUT2D eigenvalue weighted by molar-refractivity contribution is -0.135. The molecule has 0 aromatic carbocycles. The van der Waals surface area contributed by atoms with Crippen molar-refractivity contribution in [3.8, 4) is 0 Å². The maximum absolute atomic E-state index is 13.8. The lowest BCUT2D eigenvalue weighted by atomic mass is 9.76. The molecule has 2 N–H and O–H groups in total. The van der Waals surface area contributed by atoms with Gasteiger partial charge in [0.05, 0.1) is 12.1 Å². The number of nitrogens with zero attached hydrogens (tertiary/aromatic N) is 2. The average molecular weight is 226 g/mol. The topological polar surface area (TPSA) is 66.9 Å². The van der Waals surface area contributed by atoms with Gasteiger partial charge in [-0.05, 0) is 6.92 Å². The normalized spacial score (nSPS) is 29.3. The highest BCUT2D eigenvalue weighted by molar-refractivity contribution is 6.07. The van der Waals surface area contributed by atoms with E-state index in [-0.39, 0.29) is 11.4 Å². The molecule has 7 heteroatoms. The molecular formula is C9H8F2N4O. The molecule has 3 heterocycles. The Morgan fingerprint density at radius 1 is 1.38 bits per heavy atom. The predicted octanol–water partition coefficient (Wildman–Crippen LogP) is 0.747. The number of carbonyl (C=O) groups excluding carboxylic acids is 1. The maximum Gasteiger partial charge on any atom is 0.283 e. The fraction of sp³-hybridized carbons (Fsp3) is 0.444. The first-order valence-corrected chi connectivity index (χ1v) is 4.75. The quantitative estimate of drug-likeness (QED) is 0.685. The second kappa shape index (κ2) is 2.47. The summed E-state index contributed by atoms with van der Waals surface area (Å²) in [6.45, 7) is 0.627. The van der Waals surface area contributed by atoms with Gasteiger partial charge in [0.15, 0.2) is 0 Å². The van der Waals surface area contributed by atoms with Crippen molar-refractivity contribution >= 4 is 17.5 Å². The van der Waals surface area contributed by atoms with E-state index in [9.17, 15) is 13.6 Å². The van der Waals surface area contributed by atoms with Crippen LogP contribution in [0.1, 0.15) is 12.5 Å². The summed E-state index contributed by atoms with van der Waals surface area (Å²) in [5.41, 5.74) is -1.71. The smallest absolute Gasteiger partial charge is 0.283 e. The number of amides is 1. The standard InChI is InChI=1S/C9H8F2N4O/c1-8-4-5(12-2-9(8,10)11)13-3-14-6(4)15-7(8)16/h3H,2H2,1H3,(H2,12,13,14,15,16). The SMILES string of the molecule is CC12C(=O)Nc3ncnc(c31)NCC2(F)F. The number of halogens is 2. The van der Waals surface area contributed by atoms with Crippen molar-refractivity contribution in [1.82, 2.24) is 9.97 Å². The first kappa shape index (κ1) is 9.44. The summed E-state index contributed by atoms with van der Waals surface area (Å²) in [4.78, 5) is 19.4. The molecule has 2 aliphatic rings. The third-order valence-corrected chi connectivity index (χ3v) is 3.24. The minimum absolute atomic E-state index is 0.163.